The normalized spacial score (nSPS) is 23.9. The fourth-order valence-corrected chi connectivity index (χ4v) is 3.57. The minimum atomic E-state index is -0.669. The van der Waals surface area contributed by atoms with Gasteiger partial charge in [0.25, 0.3) is 0 Å². The number of nitrogens with zero attached hydrogens (tertiary/aromatic N) is 3. The Labute approximate surface area is 177 Å². The monoisotopic (exact) mass is 412 g/mol. The van der Waals surface area contributed by atoms with Crippen molar-refractivity contribution in [1.82, 2.24) is 20.0 Å². The Hall–Kier alpha value is -1.18. The second kappa shape index (κ2) is 13.2. The van der Waals surface area contributed by atoms with Gasteiger partial charge in [0.05, 0.1) is 13.1 Å². The molecule has 29 heavy (non-hydrogen) atoms. The first-order valence-electron chi connectivity index (χ1n) is 11.4. The van der Waals surface area contributed by atoms with Crippen LogP contribution in [0.3, 0.4) is 0 Å². The van der Waals surface area contributed by atoms with Gasteiger partial charge in [0.15, 0.2) is 0 Å². The highest BCUT2D eigenvalue weighted by Crippen LogP contribution is 2.24. The minimum absolute atomic E-state index is 0.0329. The zero-order chi connectivity index (χ0) is 22.0. The quantitative estimate of drug-likeness (QED) is 0.740. The Morgan fingerprint density at radius 2 is 1.55 bits per heavy atom. The lowest BCUT2D eigenvalue weighted by atomic mass is 9.97. The maximum absolute atomic E-state index is 12.3. The first-order valence-corrected chi connectivity index (χ1v) is 11.4. The Bertz CT molecular complexity index is 488. The lowest BCUT2D eigenvalue weighted by molar-refractivity contribution is -0.148. The summed E-state index contributed by atoms with van der Waals surface area (Å²) in [6, 6.07) is 0. The number of fused-ring (bicyclic) bond motifs is 1. The molecule has 170 valence electrons. The number of aliphatic hydroxyl groups is 1. The van der Waals surface area contributed by atoms with E-state index in [1.54, 1.807) is 16.7 Å². The summed E-state index contributed by atoms with van der Waals surface area (Å²) < 4.78 is 0. The van der Waals surface area contributed by atoms with Crippen LogP contribution in [0.2, 0.25) is 0 Å². The van der Waals surface area contributed by atoms with Gasteiger partial charge in [-0.3, -0.25) is 9.59 Å². The van der Waals surface area contributed by atoms with Gasteiger partial charge in [0.2, 0.25) is 11.8 Å². The van der Waals surface area contributed by atoms with Crippen LogP contribution in [0.5, 0.6) is 0 Å². The van der Waals surface area contributed by atoms with Crippen molar-refractivity contribution in [2.75, 3.05) is 39.3 Å². The van der Waals surface area contributed by atoms with Crippen LogP contribution >= 0.6 is 0 Å². The van der Waals surface area contributed by atoms with Crippen molar-refractivity contribution in [1.29, 1.82) is 0 Å². The molecule has 2 amide bonds. The average Bonchev–Trinajstić information content (AvgIpc) is 2.99. The number of rotatable bonds is 4. The van der Waals surface area contributed by atoms with E-state index in [2.05, 4.69) is 39.9 Å². The number of carbonyl (C=O) groups is 2. The topological polar surface area (TPSA) is 76.1 Å². The van der Waals surface area contributed by atoms with E-state index in [0.717, 1.165) is 38.4 Å². The van der Waals surface area contributed by atoms with Gasteiger partial charge in [0.1, 0.15) is 18.9 Å². The minimum Gasteiger partial charge on any atom is -0.379 e. The van der Waals surface area contributed by atoms with E-state index in [0.29, 0.717) is 12.5 Å². The van der Waals surface area contributed by atoms with Gasteiger partial charge in [-0.05, 0) is 44.7 Å². The van der Waals surface area contributed by atoms with E-state index in [1.807, 2.05) is 4.90 Å². The lowest BCUT2D eigenvalue weighted by Crippen LogP contribution is -2.59. The molecule has 0 saturated carbocycles. The number of unbranched alkanes of at least 4 members (excludes halogenated alkanes) is 1. The van der Waals surface area contributed by atoms with Gasteiger partial charge in [-0.15, -0.1) is 0 Å². The van der Waals surface area contributed by atoms with E-state index in [-0.39, 0.29) is 31.1 Å². The van der Waals surface area contributed by atoms with E-state index in [4.69, 9.17) is 0 Å². The molecule has 0 aromatic rings. The fraction of sp³-hybridized carbons (Fsp3) is 0.909. The Morgan fingerprint density at radius 1 is 1.00 bits per heavy atom. The SMILES string of the molecule is CC(C)C.CC(O)N1CC(=O)N2CC(=O)N(CC3CCNCC3)CC21.CCCC. The van der Waals surface area contributed by atoms with E-state index >= 15 is 0 Å². The molecule has 0 aromatic heterocycles. The van der Waals surface area contributed by atoms with Crippen LogP contribution in [-0.4, -0.2) is 83.3 Å². The van der Waals surface area contributed by atoms with Gasteiger partial charge < -0.3 is 20.2 Å². The van der Waals surface area contributed by atoms with Gasteiger partial charge >= 0.3 is 0 Å². The first kappa shape index (κ1) is 25.9. The van der Waals surface area contributed by atoms with E-state index in [1.165, 1.54) is 12.8 Å². The largest absolute Gasteiger partial charge is 0.379 e. The van der Waals surface area contributed by atoms with Crippen molar-refractivity contribution in [2.45, 2.75) is 79.6 Å². The molecule has 3 aliphatic heterocycles. The van der Waals surface area contributed by atoms with Crippen LogP contribution in [0.1, 0.15) is 67.2 Å². The number of aliphatic hydroxyl groups excluding tert-OH is 1. The third-order valence-corrected chi connectivity index (χ3v) is 5.34. The summed E-state index contributed by atoms with van der Waals surface area (Å²) >= 11 is 0. The van der Waals surface area contributed by atoms with Crippen molar-refractivity contribution < 1.29 is 14.7 Å². The van der Waals surface area contributed by atoms with Gasteiger partial charge in [0, 0.05) is 6.54 Å². The molecule has 3 aliphatic rings. The summed E-state index contributed by atoms with van der Waals surface area (Å²) in [5.74, 6) is 1.35. The standard InChI is InChI=1S/C14H24N4O3.2C4H10/c1-10(19)17-9-14(21)18-8-13(20)16(7-12(17)18)6-11-2-4-15-5-3-11;1-4(2)3;1-3-4-2/h10-12,15,19H,2-9H2,1H3;4H,1-3H3;3-4H2,1-2H3. The summed E-state index contributed by atoms with van der Waals surface area (Å²) in [5, 5.41) is 13.1. The third kappa shape index (κ3) is 8.60. The fourth-order valence-electron chi connectivity index (χ4n) is 3.57. The number of amides is 2. The number of piperidine rings is 1. The molecule has 0 aromatic carbocycles. The molecule has 3 heterocycles. The number of hydrogen-bond donors (Lipinski definition) is 2. The number of nitrogens with one attached hydrogen (secondary N) is 1. The summed E-state index contributed by atoms with van der Waals surface area (Å²) in [5.41, 5.74) is 0. The highest BCUT2D eigenvalue weighted by Gasteiger charge is 2.45. The molecule has 2 unspecified atom stereocenters. The van der Waals surface area contributed by atoms with Crippen molar-refractivity contribution in [3.63, 3.8) is 0 Å². The predicted octanol–water partition coefficient (Wildman–Crippen LogP) is 2.11. The predicted molar refractivity (Wildman–Crippen MR) is 117 cm³/mol. The molecule has 2 N–H and O–H groups in total. The van der Waals surface area contributed by atoms with Crippen molar-refractivity contribution >= 4 is 11.8 Å². The van der Waals surface area contributed by atoms with Crippen LogP contribution < -0.4 is 5.32 Å². The summed E-state index contributed by atoms with van der Waals surface area (Å²) in [6.07, 6.45) is 3.99. The molecule has 0 spiro atoms. The Morgan fingerprint density at radius 3 is 2.03 bits per heavy atom. The van der Waals surface area contributed by atoms with Crippen molar-refractivity contribution in [3.8, 4) is 0 Å². The Balaban J connectivity index is 0.000000452. The second-order valence-electron chi connectivity index (χ2n) is 9.03. The zero-order valence-corrected chi connectivity index (χ0v) is 19.5. The van der Waals surface area contributed by atoms with Gasteiger partial charge in [-0.2, -0.15) is 0 Å². The van der Waals surface area contributed by atoms with Crippen molar-refractivity contribution in [3.05, 3.63) is 0 Å². The van der Waals surface area contributed by atoms with Gasteiger partial charge in [-0.25, -0.2) is 4.90 Å². The lowest BCUT2D eigenvalue weighted by Gasteiger charge is -2.41. The van der Waals surface area contributed by atoms with Crippen LogP contribution in [0, 0.1) is 11.8 Å². The molecule has 2 atom stereocenters. The van der Waals surface area contributed by atoms with Crippen LogP contribution in [0.15, 0.2) is 0 Å². The molecule has 7 heteroatoms. The molecule has 0 aliphatic carbocycles. The molecule has 0 bridgehead atoms. The number of piperazine rings is 1. The van der Waals surface area contributed by atoms with Crippen LogP contribution in [0.25, 0.3) is 0 Å². The van der Waals surface area contributed by atoms with Gasteiger partial charge in [-0.1, -0.05) is 47.5 Å². The van der Waals surface area contributed by atoms with E-state index in [9.17, 15) is 14.7 Å². The highest BCUT2D eigenvalue weighted by molar-refractivity contribution is 5.88. The maximum Gasteiger partial charge on any atom is 0.242 e. The molecular formula is C22H44N4O3. The maximum atomic E-state index is 12.3. The smallest absolute Gasteiger partial charge is 0.242 e. The zero-order valence-electron chi connectivity index (χ0n) is 19.5. The molecular weight excluding hydrogens is 368 g/mol. The van der Waals surface area contributed by atoms with Crippen LogP contribution in [-0.2, 0) is 9.59 Å². The highest BCUT2D eigenvalue weighted by atomic mass is 16.3. The van der Waals surface area contributed by atoms with Crippen LogP contribution in [0.4, 0.5) is 0 Å². The molecule has 0 radical (unpaired) electrons. The van der Waals surface area contributed by atoms with Crippen molar-refractivity contribution in [2.24, 2.45) is 11.8 Å². The summed E-state index contributed by atoms with van der Waals surface area (Å²) in [4.78, 5) is 29.5. The van der Waals surface area contributed by atoms with E-state index < -0.39 is 6.23 Å². The molecule has 3 fully saturated rings. The molecule has 7 nitrogen and oxygen atoms in total. The number of hydrogen-bond acceptors (Lipinski definition) is 5. The Kier molecular flexibility index (Phi) is 11.8. The first-order chi connectivity index (χ1) is 13.7. The summed E-state index contributed by atoms with van der Waals surface area (Å²) in [7, 11) is 0. The number of carbonyl (C=O) groups excluding carboxylic acids is 2. The third-order valence-electron chi connectivity index (χ3n) is 5.34. The molecule has 3 saturated heterocycles. The summed E-state index contributed by atoms with van der Waals surface area (Å²) in [6.45, 7) is 16.2. The average molecular weight is 413 g/mol. The second-order valence-corrected chi connectivity index (χ2v) is 9.03. The molecule has 3 rings (SSSR count).